The molecule has 69 heavy (non-hydrogen) atoms. The highest BCUT2D eigenvalue weighted by Gasteiger charge is 2.43. The molecule has 2 unspecified atom stereocenters. The Balaban J connectivity index is 1.27. The van der Waals surface area contributed by atoms with E-state index in [1.807, 2.05) is 91.0 Å². The van der Waals surface area contributed by atoms with Crippen LogP contribution in [-0.2, 0) is 0 Å². The van der Waals surface area contributed by atoms with Crippen LogP contribution in [0.3, 0.4) is 0 Å². The summed E-state index contributed by atoms with van der Waals surface area (Å²) < 4.78 is 231. The van der Waals surface area contributed by atoms with Crippen molar-refractivity contribution in [3.8, 4) is 39.6 Å². The number of benzene rings is 9. The normalized spacial score (nSPS) is 20.8. The van der Waals surface area contributed by atoms with Crippen molar-refractivity contribution in [3.63, 3.8) is 0 Å². The molecular weight excluding hydrogens is 853 g/mol. The first kappa shape index (κ1) is 22.4. The molecule has 11 aromatic rings. The second kappa shape index (κ2) is 16.9. The van der Waals surface area contributed by atoms with Crippen molar-refractivity contribution < 1.29 is 34.3 Å². The van der Waals surface area contributed by atoms with Gasteiger partial charge in [0.05, 0.1) is 74.1 Å². The molecule has 0 radical (unpaired) electrons. The summed E-state index contributed by atoms with van der Waals surface area (Å²) >= 11 is 0. The Kier molecular flexibility index (Phi) is 5.50. The highest BCUT2D eigenvalue weighted by atomic mass is 28.3. The number of rotatable bonds is 9. The maximum atomic E-state index is 9.92. The molecule has 0 N–H and O–H groups in total. The Labute approximate surface area is 438 Å². The van der Waals surface area contributed by atoms with Crippen molar-refractivity contribution in [1.82, 2.24) is 14.5 Å². The fraction of sp³-hybridized carbons (Fsp3) is 0.0312. The van der Waals surface area contributed by atoms with E-state index in [1.54, 1.807) is 18.2 Å². The van der Waals surface area contributed by atoms with E-state index in [0.29, 0.717) is 5.19 Å². The summed E-state index contributed by atoms with van der Waals surface area (Å²) in [5.74, 6) is -2.22. The Morgan fingerprint density at radius 1 is 0.435 bits per heavy atom. The van der Waals surface area contributed by atoms with Gasteiger partial charge in [-0.25, -0.2) is 9.97 Å². The lowest BCUT2D eigenvalue weighted by Crippen LogP contribution is -2.74. The van der Waals surface area contributed by atoms with Crippen LogP contribution in [0.2, 0.25) is 0 Å². The molecule has 0 saturated heterocycles. The van der Waals surface area contributed by atoms with Gasteiger partial charge < -0.3 is 9.47 Å². The molecule has 13 rings (SSSR count). The monoisotopic (exact) mass is 924 g/mol. The first-order valence-electron chi connectivity index (χ1n) is 34.3. The van der Waals surface area contributed by atoms with Crippen LogP contribution in [0, 0.1) is 0 Å². The van der Waals surface area contributed by atoms with Crippen LogP contribution in [0.5, 0.6) is 0 Å². The van der Waals surface area contributed by atoms with Gasteiger partial charge in [0.1, 0.15) is 0 Å². The van der Waals surface area contributed by atoms with Gasteiger partial charge in [0, 0.05) is 39.1 Å². The minimum Gasteiger partial charge on any atom is -0.333 e. The molecule has 2 aliphatic rings. The van der Waals surface area contributed by atoms with Crippen molar-refractivity contribution in [2.75, 3.05) is 4.90 Å². The third kappa shape index (κ3) is 6.65. The Morgan fingerprint density at radius 3 is 1.65 bits per heavy atom. The van der Waals surface area contributed by atoms with Gasteiger partial charge in [-0.2, -0.15) is 0 Å². The molecule has 2 aromatic heterocycles. The molecule has 2 atom stereocenters. The van der Waals surface area contributed by atoms with Crippen molar-refractivity contribution in [1.29, 1.82) is 0 Å². The summed E-state index contributed by atoms with van der Waals surface area (Å²) in [6.45, 7) is 0. The molecule has 0 bridgehead atoms. The fourth-order valence-electron chi connectivity index (χ4n) is 9.70. The van der Waals surface area contributed by atoms with Crippen LogP contribution in [-0.4, -0.2) is 28.7 Å². The lowest BCUT2D eigenvalue weighted by molar-refractivity contribution is 0.745. The summed E-state index contributed by atoms with van der Waals surface area (Å²) in [6.07, 6.45) is 0. The van der Waals surface area contributed by atoms with Crippen molar-refractivity contribution >= 4 is 62.0 Å². The van der Waals surface area contributed by atoms with Crippen molar-refractivity contribution in [2.45, 2.75) is 12.0 Å². The number of nitrogens with zero attached hydrogens (tertiary/aromatic N) is 4. The second-order valence-electron chi connectivity index (χ2n) is 16.1. The first-order chi connectivity index (χ1) is 44.6. The number of para-hydroxylation sites is 4. The van der Waals surface area contributed by atoms with E-state index in [9.17, 15) is 19.2 Å². The number of anilines is 2. The molecular formula is C64H46N4Si. The number of hydrogen-bond donors (Lipinski definition) is 0. The van der Waals surface area contributed by atoms with Crippen LogP contribution in [0.4, 0.5) is 11.4 Å². The summed E-state index contributed by atoms with van der Waals surface area (Å²) in [4.78, 5) is 11.4. The predicted molar refractivity (Wildman–Crippen MR) is 290 cm³/mol. The maximum Gasteiger partial charge on any atom is 0.179 e. The Hall–Kier alpha value is -8.64. The first-order valence-corrected chi connectivity index (χ1v) is 23.8. The van der Waals surface area contributed by atoms with E-state index < -0.39 is 221 Å². The van der Waals surface area contributed by atoms with Crippen LogP contribution in [0.15, 0.2) is 266 Å². The molecule has 326 valence electrons. The highest BCUT2D eigenvalue weighted by molar-refractivity contribution is 7.20. The summed E-state index contributed by atoms with van der Waals surface area (Å²) in [5, 5.41) is 2.14. The van der Waals surface area contributed by atoms with Gasteiger partial charge in [-0.3, -0.25) is 0 Å². The maximum absolute atomic E-state index is 9.92. The number of hydrogen-bond acceptors (Lipinski definition) is 3. The second-order valence-corrected chi connectivity index (χ2v) is 20.0. The molecule has 3 heterocycles. The lowest BCUT2D eigenvalue weighted by atomic mass is 9.91. The van der Waals surface area contributed by atoms with Gasteiger partial charge in [-0.15, -0.1) is 0 Å². The molecule has 5 heteroatoms. The zero-order chi connectivity index (χ0) is 67.5. The standard InChI is InChI=1S/C64H46N4Si/c1-5-23-45(24-6-1)56-44-57(66-64(65-56)54-35-17-22-40-62(54)67-58-36-18-13-31-50(58)51-32-14-19-37-59(51)67)55-43-49(41-42-63(55)68-60-38-20-15-33-52(60)53-34-16-21-39-61(53)68)69(46-25-7-2-8-26-46,47-27-9-3-10-28-47)48-29-11-4-12-30-48/h1-44,52,60H/i1D,5D,6D,13D,14D,15D,16D,17D,18D,19D,20D,21D,22D,23D,24D,31D,32D,33D,34D,35D,36D,37D,38D,39D,40D. The third-order valence-corrected chi connectivity index (χ3v) is 17.3. The van der Waals surface area contributed by atoms with Crippen molar-refractivity contribution in [3.05, 3.63) is 272 Å². The van der Waals surface area contributed by atoms with Crippen LogP contribution < -0.4 is 25.6 Å². The summed E-state index contributed by atoms with van der Waals surface area (Å²) in [6, 6.07) is 13.7. The van der Waals surface area contributed by atoms with E-state index in [0.717, 1.165) is 20.1 Å². The zero-order valence-corrected chi connectivity index (χ0v) is 36.9. The van der Waals surface area contributed by atoms with Crippen LogP contribution in [0.25, 0.3) is 61.4 Å². The molecule has 1 aliphatic heterocycles. The Bertz CT molecular complexity index is 5030. The molecule has 0 spiro atoms. The minimum absolute atomic E-state index is 0.0533. The minimum atomic E-state index is -3.75. The third-order valence-electron chi connectivity index (χ3n) is 12.6. The summed E-state index contributed by atoms with van der Waals surface area (Å²) in [5.41, 5.74) is -4.51. The molecule has 1 aliphatic carbocycles. The molecule has 4 nitrogen and oxygen atoms in total. The van der Waals surface area contributed by atoms with E-state index in [2.05, 4.69) is 0 Å². The summed E-state index contributed by atoms with van der Waals surface area (Å²) in [7, 11) is -3.75. The van der Waals surface area contributed by atoms with Gasteiger partial charge in [0.2, 0.25) is 0 Å². The van der Waals surface area contributed by atoms with E-state index in [4.69, 9.17) is 25.0 Å². The van der Waals surface area contributed by atoms with Gasteiger partial charge in [0.15, 0.2) is 13.9 Å². The average Bonchev–Trinajstić information content (AvgIpc) is 1.52. The average molecular weight is 924 g/mol. The highest BCUT2D eigenvalue weighted by Crippen LogP contribution is 2.50. The molecule has 9 aromatic carbocycles. The van der Waals surface area contributed by atoms with E-state index >= 15 is 0 Å². The quantitative estimate of drug-likeness (QED) is 0.107. The predicted octanol–water partition coefficient (Wildman–Crippen LogP) is 12.7. The largest absolute Gasteiger partial charge is 0.333 e. The number of fused-ring (bicyclic) bond motifs is 6. The SMILES string of the molecule is [2H]C1=C([2H])C2c3c([2H])c([2H])c([2H])c([2H])c3N(c3ccc([Si](c4ccccc4)(c4ccccc4)c4ccccc4)cc3-c3cc(-c4c([2H])c([2H])c([2H])c([2H])c4[2H])nc(-c4c([2H])c([2H])c([2H])c([2H])c4-n4c5c([2H])c([2H])c([2H])c([2H])c5c5c([2H])c([2H])c([2H])c([2H])c54)n3)C2C([2H])=C1[2H]. The smallest absolute Gasteiger partial charge is 0.179 e. The van der Waals surface area contributed by atoms with Gasteiger partial charge >= 0.3 is 0 Å². The number of aromatic nitrogens is 3. The van der Waals surface area contributed by atoms with Gasteiger partial charge in [-0.1, -0.05) is 224 Å². The topological polar surface area (TPSA) is 34.0 Å². The molecule has 0 fully saturated rings. The zero-order valence-electron chi connectivity index (χ0n) is 60.9. The van der Waals surface area contributed by atoms with Gasteiger partial charge in [-0.05, 0) is 68.7 Å². The van der Waals surface area contributed by atoms with Crippen molar-refractivity contribution in [2.24, 2.45) is 0 Å². The lowest BCUT2D eigenvalue weighted by Gasteiger charge is -2.36. The van der Waals surface area contributed by atoms with E-state index in [1.165, 1.54) is 11.0 Å². The molecule has 0 saturated carbocycles. The van der Waals surface area contributed by atoms with Crippen LogP contribution >= 0.6 is 0 Å². The fourth-order valence-corrected chi connectivity index (χ4v) is 14.5. The number of allylic oxidation sites excluding steroid dienone is 2. The Morgan fingerprint density at radius 2 is 0.986 bits per heavy atom. The van der Waals surface area contributed by atoms with Gasteiger partial charge in [0.25, 0.3) is 0 Å². The molecule has 0 amide bonds. The van der Waals surface area contributed by atoms with E-state index in [-0.39, 0.29) is 28.2 Å². The van der Waals surface area contributed by atoms with Crippen LogP contribution in [0.1, 0.15) is 45.8 Å².